The molecule has 0 aliphatic carbocycles. The summed E-state index contributed by atoms with van der Waals surface area (Å²) in [5.41, 5.74) is 3.36. The molecule has 6 nitrogen and oxygen atoms in total. The van der Waals surface area contributed by atoms with Crippen LogP contribution in [0, 0.1) is 0 Å². The number of rotatable bonds is 7. The average Bonchev–Trinajstić information content (AvgIpc) is 3.43. The number of benzene rings is 1. The fourth-order valence-electron chi connectivity index (χ4n) is 4.91. The van der Waals surface area contributed by atoms with Crippen molar-refractivity contribution in [1.29, 1.82) is 0 Å². The van der Waals surface area contributed by atoms with E-state index >= 15 is 0 Å². The number of fused-ring (bicyclic) bond motifs is 3. The number of hydrogen-bond donors (Lipinski definition) is 1. The Morgan fingerprint density at radius 3 is 2.71 bits per heavy atom. The molecule has 2 aliphatic rings. The van der Waals surface area contributed by atoms with Gasteiger partial charge in [-0.2, -0.15) is 0 Å². The van der Waals surface area contributed by atoms with E-state index in [0.717, 1.165) is 66.9 Å². The van der Waals surface area contributed by atoms with Crippen molar-refractivity contribution in [3.63, 3.8) is 0 Å². The zero-order valence-electron chi connectivity index (χ0n) is 18.2. The first kappa shape index (κ1) is 22.2. The summed E-state index contributed by atoms with van der Waals surface area (Å²) in [6.45, 7) is 5.89. The summed E-state index contributed by atoms with van der Waals surface area (Å²) in [7, 11) is 1.71. The molecule has 7 heteroatoms. The van der Waals surface area contributed by atoms with Crippen LogP contribution in [0.25, 0.3) is 21.8 Å². The number of aromatic nitrogens is 2. The van der Waals surface area contributed by atoms with Crippen LogP contribution in [0.15, 0.2) is 24.4 Å². The first-order chi connectivity index (χ1) is 14.8. The third kappa shape index (κ3) is 4.61. The van der Waals surface area contributed by atoms with Crippen molar-refractivity contribution in [2.75, 3.05) is 46.6 Å². The van der Waals surface area contributed by atoms with Crippen molar-refractivity contribution < 1.29 is 14.2 Å². The highest BCUT2D eigenvalue weighted by Crippen LogP contribution is 2.39. The molecule has 0 amide bonds. The van der Waals surface area contributed by atoms with E-state index in [1.807, 2.05) is 6.20 Å². The van der Waals surface area contributed by atoms with Gasteiger partial charge in [0.05, 0.1) is 24.9 Å². The van der Waals surface area contributed by atoms with Crippen molar-refractivity contribution in [3.05, 3.63) is 30.1 Å². The van der Waals surface area contributed by atoms with Gasteiger partial charge in [-0.3, -0.25) is 4.98 Å². The Morgan fingerprint density at radius 2 is 1.94 bits per heavy atom. The molecule has 5 rings (SSSR count). The number of aromatic amines is 1. The van der Waals surface area contributed by atoms with Gasteiger partial charge in [-0.05, 0) is 57.3 Å². The quantitative estimate of drug-likeness (QED) is 0.524. The van der Waals surface area contributed by atoms with Crippen molar-refractivity contribution in [2.24, 2.45) is 0 Å². The second-order valence-corrected chi connectivity index (χ2v) is 8.43. The van der Waals surface area contributed by atoms with Gasteiger partial charge in [0.15, 0.2) is 11.5 Å². The molecule has 0 spiro atoms. The van der Waals surface area contributed by atoms with Crippen LogP contribution in [0.2, 0.25) is 0 Å². The van der Waals surface area contributed by atoms with E-state index in [9.17, 15) is 0 Å². The van der Waals surface area contributed by atoms with Crippen LogP contribution in [0.3, 0.4) is 0 Å². The smallest absolute Gasteiger partial charge is 0.163 e. The lowest BCUT2D eigenvalue weighted by molar-refractivity contribution is 0.0848. The van der Waals surface area contributed by atoms with E-state index < -0.39 is 0 Å². The van der Waals surface area contributed by atoms with Gasteiger partial charge in [0.25, 0.3) is 0 Å². The van der Waals surface area contributed by atoms with Gasteiger partial charge in [-0.25, -0.2) is 0 Å². The van der Waals surface area contributed by atoms with Gasteiger partial charge in [0, 0.05) is 54.2 Å². The molecule has 1 aromatic carbocycles. The molecular weight excluding hydrogens is 414 g/mol. The molecule has 0 radical (unpaired) electrons. The number of hydrogen-bond acceptors (Lipinski definition) is 5. The van der Waals surface area contributed by atoms with Crippen LogP contribution in [0.4, 0.5) is 0 Å². The minimum Gasteiger partial charge on any atom is -0.493 e. The molecule has 0 saturated carbocycles. The van der Waals surface area contributed by atoms with Gasteiger partial charge >= 0.3 is 0 Å². The lowest BCUT2D eigenvalue weighted by Crippen LogP contribution is -2.21. The van der Waals surface area contributed by atoms with Crippen LogP contribution in [-0.4, -0.2) is 61.4 Å². The Kier molecular flexibility index (Phi) is 7.20. The van der Waals surface area contributed by atoms with E-state index in [1.54, 1.807) is 7.11 Å². The summed E-state index contributed by atoms with van der Waals surface area (Å²) in [6.07, 6.45) is 7.65. The lowest BCUT2D eigenvalue weighted by atomic mass is 9.93. The molecule has 31 heavy (non-hydrogen) atoms. The van der Waals surface area contributed by atoms with Crippen LogP contribution in [-0.2, 0) is 4.74 Å². The maximum absolute atomic E-state index is 6.13. The van der Waals surface area contributed by atoms with E-state index in [1.165, 1.54) is 37.0 Å². The van der Waals surface area contributed by atoms with Gasteiger partial charge in [-0.15, -0.1) is 12.4 Å². The average molecular weight is 446 g/mol. The standard InChI is InChI=1S/C24H31N3O3.ClH/c1-28-21-15-18-20(16-22(21)30-12-4-11-27-9-2-3-10-27)26-19-5-8-25-24(23(18)19)17-6-13-29-14-7-17;/h5,8,15-17,26H,2-4,6-7,9-14H2,1H3;1H. The topological polar surface area (TPSA) is 59.6 Å². The molecule has 2 aliphatic heterocycles. The minimum atomic E-state index is 0. The number of halogens is 1. The van der Waals surface area contributed by atoms with Crippen LogP contribution in [0.5, 0.6) is 11.5 Å². The second-order valence-electron chi connectivity index (χ2n) is 8.43. The van der Waals surface area contributed by atoms with Crippen molar-refractivity contribution in [2.45, 2.75) is 38.0 Å². The molecule has 1 N–H and O–H groups in total. The van der Waals surface area contributed by atoms with Gasteiger partial charge < -0.3 is 24.1 Å². The Bertz CT molecular complexity index is 1010. The summed E-state index contributed by atoms with van der Waals surface area (Å²) in [5, 5.41) is 2.36. The summed E-state index contributed by atoms with van der Waals surface area (Å²) in [5.74, 6) is 2.03. The third-order valence-electron chi connectivity index (χ3n) is 6.51. The van der Waals surface area contributed by atoms with E-state index in [2.05, 4.69) is 28.1 Å². The Labute approximate surface area is 189 Å². The van der Waals surface area contributed by atoms with Crippen LogP contribution >= 0.6 is 12.4 Å². The summed E-state index contributed by atoms with van der Waals surface area (Å²) < 4.78 is 17.4. The molecule has 168 valence electrons. The van der Waals surface area contributed by atoms with E-state index in [-0.39, 0.29) is 12.4 Å². The minimum absolute atomic E-state index is 0. The van der Waals surface area contributed by atoms with Crippen molar-refractivity contribution in [1.82, 2.24) is 14.9 Å². The van der Waals surface area contributed by atoms with Crippen LogP contribution < -0.4 is 9.47 Å². The Hall–Kier alpha value is -2.02. The van der Waals surface area contributed by atoms with E-state index in [0.29, 0.717) is 12.5 Å². The van der Waals surface area contributed by atoms with Crippen molar-refractivity contribution in [3.8, 4) is 11.5 Å². The lowest BCUT2D eigenvalue weighted by Gasteiger charge is -2.22. The number of methoxy groups -OCH3 is 1. The number of nitrogens with one attached hydrogen (secondary N) is 1. The second kappa shape index (κ2) is 10.1. The molecule has 2 saturated heterocycles. The predicted octanol–water partition coefficient (Wildman–Crippen LogP) is 4.91. The van der Waals surface area contributed by atoms with Gasteiger partial charge in [0.1, 0.15) is 0 Å². The fraction of sp³-hybridized carbons (Fsp3) is 0.542. The highest BCUT2D eigenvalue weighted by molar-refractivity contribution is 6.09. The Morgan fingerprint density at radius 1 is 1.13 bits per heavy atom. The third-order valence-corrected chi connectivity index (χ3v) is 6.51. The molecule has 0 atom stereocenters. The predicted molar refractivity (Wildman–Crippen MR) is 126 cm³/mol. The first-order valence-electron chi connectivity index (χ1n) is 11.2. The van der Waals surface area contributed by atoms with E-state index in [4.69, 9.17) is 19.2 Å². The molecule has 0 bridgehead atoms. The highest BCUT2D eigenvalue weighted by atomic mass is 35.5. The SMILES string of the molecule is COc1cc2c(cc1OCCCN1CCCC1)[nH]c1ccnc(C3CCOCC3)c12.Cl. The summed E-state index contributed by atoms with van der Waals surface area (Å²) in [4.78, 5) is 10.9. The molecule has 2 aromatic heterocycles. The molecule has 0 unspecified atom stereocenters. The van der Waals surface area contributed by atoms with Crippen molar-refractivity contribution >= 4 is 34.2 Å². The molecule has 3 aromatic rings. The summed E-state index contributed by atoms with van der Waals surface area (Å²) in [6, 6.07) is 6.24. The zero-order chi connectivity index (χ0) is 20.3. The number of H-pyrrole nitrogens is 1. The van der Waals surface area contributed by atoms with Gasteiger partial charge in [0.2, 0.25) is 0 Å². The largest absolute Gasteiger partial charge is 0.493 e. The van der Waals surface area contributed by atoms with Crippen LogP contribution in [0.1, 0.15) is 43.7 Å². The Balaban J connectivity index is 0.00000231. The molecule has 2 fully saturated rings. The summed E-state index contributed by atoms with van der Waals surface area (Å²) >= 11 is 0. The monoisotopic (exact) mass is 445 g/mol. The first-order valence-corrected chi connectivity index (χ1v) is 11.2. The molecule has 4 heterocycles. The van der Waals surface area contributed by atoms with Gasteiger partial charge in [-0.1, -0.05) is 0 Å². The number of ether oxygens (including phenoxy) is 3. The number of pyridine rings is 1. The highest BCUT2D eigenvalue weighted by Gasteiger charge is 2.22. The fourth-order valence-corrected chi connectivity index (χ4v) is 4.91. The normalized spacial score (nSPS) is 17.8. The maximum atomic E-state index is 6.13. The number of nitrogens with zero attached hydrogens (tertiary/aromatic N) is 2. The number of likely N-dealkylation sites (tertiary alicyclic amines) is 1. The zero-order valence-corrected chi connectivity index (χ0v) is 19.0. The molecular formula is C24H32ClN3O3. The maximum Gasteiger partial charge on any atom is 0.163 e.